The summed E-state index contributed by atoms with van der Waals surface area (Å²) < 4.78 is 5.52. The third kappa shape index (κ3) is 2.93. The normalized spacial score (nSPS) is 12.2. The lowest BCUT2D eigenvalue weighted by Crippen LogP contribution is -2.07. The summed E-state index contributed by atoms with van der Waals surface area (Å²) in [5, 5.41) is 14.1. The second-order valence-corrected chi connectivity index (χ2v) is 4.59. The molecule has 0 saturated carbocycles. The highest BCUT2D eigenvalue weighted by Gasteiger charge is 2.17. The number of benzene rings is 1. The van der Waals surface area contributed by atoms with Gasteiger partial charge >= 0.3 is 0 Å². The molecule has 5 nitrogen and oxygen atoms in total. The van der Waals surface area contributed by atoms with Crippen LogP contribution in [0, 0.1) is 24.0 Å². The van der Waals surface area contributed by atoms with Crippen molar-refractivity contribution in [2.45, 2.75) is 26.8 Å². The molecule has 2 rings (SSSR count). The number of aryl methyl sites for hydroxylation is 2. The van der Waals surface area contributed by atoms with Crippen LogP contribution in [-0.2, 0) is 0 Å². The third-order valence-electron chi connectivity index (χ3n) is 2.91. The summed E-state index contributed by atoms with van der Waals surface area (Å²) in [5.41, 5.74) is 1.54. The number of nitro benzene ring substituents is 1. The van der Waals surface area contributed by atoms with Gasteiger partial charge in [-0.2, -0.15) is 0 Å². The van der Waals surface area contributed by atoms with E-state index in [0.717, 1.165) is 17.1 Å². The van der Waals surface area contributed by atoms with Gasteiger partial charge in [-0.3, -0.25) is 10.1 Å². The predicted octanol–water partition coefficient (Wildman–Crippen LogP) is 3.98. The van der Waals surface area contributed by atoms with E-state index in [9.17, 15) is 10.1 Å². The highest BCUT2D eigenvalue weighted by atomic mass is 16.6. The van der Waals surface area contributed by atoms with Gasteiger partial charge in [0.1, 0.15) is 17.2 Å². The van der Waals surface area contributed by atoms with E-state index < -0.39 is 0 Å². The molecule has 0 spiro atoms. The van der Waals surface area contributed by atoms with E-state index in [0.29, 0.717) is 5.69 Å². The van der Waals surface area contributed by atoms with Gasteiger partial charge in [-0.05, 0) is 44.5 Å². The summed E-state index contributed by atoms with van der Waals surface area (Å²) in [7, 11) is 0. The van der Waals surface area contributed by atoms with Crippen LogP contribution in [0.2, 0.25) is 0 Å². The second kappa shape index (κ2) is 5.14. The van der Waals surface area contributed by atoms with Crippen LogP contribution in [0.15, 0.2) is 34.7 Å². The minimum Gasteiger partial charge on any atom is -0.464 e. The number of nitrogens with one attached hydrogen (secondary N) is 1. The van der Waals surface area contributed by atoms with Crippen molar-refractivity contribution in [2.75, 3.05) is 5.32 Å². The van der Waals surface area contributed by atoms with Crippen molar-refractivity contribution >= 4 is 11.4 Å². The van der Waals surface area contributed by atoms with Crippen molar-refractivity contribution in [1.29, 1.82) is 0 Å². The predicted molar refractivity (Wildman–Crippen MR) is 73.3 cm³/mol. The first kappa shape index (κ1) is 13.1. The summed E-state index contributed by atoms with van der Waals surface area (Å²) in [4.78, 5) is 10.6. The van der Waals surface area contributed by atoms with E-state index in [1.54, 1.807) is 12.1 Å². The Bertz CT molecular complexity index is 604. The molecule has 0 aliphatic rings. The average Bonchev–Trinajstić information content (AvgIpc) is 2.75. The van der Waals surface area contributed by atoms with Crippen molar-refractivity contribution in [2.24, 2.45) is 0 Å². The molecule has 1 aromatic carbocycles. The van der Waals surface area contributed by atoms with Crippen molar-refractivity contribution in [1.82, 2.24) is 0 Å². The first-order valence-electron chi connectivity index (χ1n) is 6.05. The number of anilines is 1. The van der Waals surface area contributed by atoms with Crippen LogP contribution in [0.1, 0.15) is 30.0 Å². The maximum Gasteiger partial charge on any atom is 0.292 e. The quantitative estimate of drug-likeness (QED) is 0.667. The van der Waals surface area contributed by atoms with Gasteiger partial charge in [0.2, 0.25) is 0 Å². The van der Waals surface area contributed by atoms with Crippen molar-refractivity contribution in [3.63, 3.8) is 0 Å². The Morgan fingerprint density at radius 2 is 2.00 bits per heavy atom. The molecule has 1 aromatic heterocycles. The molecule has 19 heavy (non-hydrogen) atoms. The molecule has 0 saturated heterocycles. The van der Waals surface area contributed by atoms with E-state index in [2.05, 4.69) is 5.32 Å². The van der Waals surface area contributed by atoms with E-state index in [1.165, 1.54) is 6.07 Å². The molecule has 5 heteroatoms. The molecule has 1 heterocycles. The minimum atomic E-state index is -0.387. The Hall–Kier alpha value is -2.30. The lowest BCUT2D eigenvalue weighted by Gasteiger charge is -2.13. The van der Waals surface area contributed by atoms with Crippen LogP contribution >= 0.6 is 0 Å². The zero-order chi connectivity index (χ0) is 14.0. The topological polar surface area (TPSA) is 68.3 Å². The Balaban J connectivity index is 2.27. The van der Waals surface area contributed by atoms with Gasteiger partial charge in [-0.15, -0.1) is 0 Å². The fourth-order valence-electron chi connectivity index (χ4n) is 1.92. The molecule has 0 fully saturated rings. The summed E-state index contributed by atoms with van der Waals surface area (Å²) in [5.74, 6) is 1.58. The number of nitrogens with zero attached hydrogens (tertiary/aromatic N) is 1. The number of hydrogen-bond acceptors (Lipinski definition) is 4. The van der Waals surface area contributed by atoms with Crippen LogP contribution in [-0.4, -0.2) is 4.92 Å². The average molecular weight is 260 g/mol. The second-order valence-electron chi connectivity index (χ2n) is 4.59. The maximum atomic E-state index is 11.0. The van der Waals surface area contributed by atoms with Gasteiger partial charge in [-0.25, -0.2) is 0 Å². The summed E-state index contributed by atoms with van der Waals surface area (Å²) >= 11 is 0. The zero-order valence-electron chi connectivity index (χ0n) is 11.1. The number of furan rings is 1. The Morgan fingerprint density at radius 1 is 1.26 bits per heavy atom. The van der Waals surface area contributed by atoms with Crippen LogP contribution in [0.4, 0.5) is 11.4 Å². The monoisotopic (exact) mass is 260 g/mol. The standard InChI is InChI=1S/C14H16N2O3/c1-9-4-6-13(16(17)18)12(8-9)15-11(3)14-7-5-10(2)19-14/h4-8,11,15H,1-3H3. The molecular formula is C14H16N2O3. The van der Waals surface area contributed by atoms with Gasteiger partial charge in [0.25, 0.3) is 5.69 Å². The fraction of sp³-hybridized carbons (Fsp3) is 0.286. The highest BCUT2D eigenvalue weighted by molar-refractivity contribution is 5.63. The largest absolute Gasteiger partial charge is 0.464 e. The van der Waals surface area contributed by atoms with Gasteiger partial charge in [0.15, 0.2) is 0 Å². The minimum absolute atomic E-state index is 0.0701. The van der Waals surface area contributed by atoms with Crippen LogP contribution < -0.4 is 5.32 Å². The molecule has 0 amide bonds. The highest BCUT2D eigenvalue weighted by Crippen LogP contribution is 2.29. The summed E-state index contributed by atoms with van der Waals surface area (Å²) in [6.45, 7) is 5.67. The molecule has 1 atom stereocenters. The Morgan fingerprint density at radius 3 is 2.58 bits per heavy atom. The molecule has 1 N–H and O–H groups in total. The molecule has 1 unspecified atom stereocenters. The van der Waals surface area contributed by atoms with E-state index in [1.807, 2.05) is 32.9 Å². The number of nitro groups is 1. The fourth-order valence-corrected chi connectivity index (χ4v) is 1.92. The third-order valence-corrected chi connectivity index (χ3v) is 2.91. The molecule has 0 aliphatic heterocycles. The van der Waals surface area contributed by atoms with Crippen LogP contribution in [0.5, 0.6) is 0 Å². The van der Waals surface area contributed by atoms with Crippen molar-refractivity contribution in [3.05, 3.63) is 57.5 Å². The zero-order valence-corrected chi connectivity index (χ0v) is 11.1. The number of hydrogen-bond donors (Lipinski definition) is 1. The first-order valence-corrected chi connectivity index (χ1v) is 6.05. The van der Waals surface area contributed by atoms with E-state index in [-0.39, 0.29) is 16.7 Å². The van der Waals surface area contributed by atoms with Crippen molar-refractivity contribution in [3.8, 4) is 0 Å². The Kier molecular flexibility index (Phi) is 3.55. The van der Waals surface area contributed by atoms with Crippen molar-refractivity contribution < 1.29 is 9.34 Å². The molecule has 0 radical (unpaired) electrons. The first-order chi connectivity index (χ1) is 8.97. The molecule has 2 aromatic rings. The van der Waals surface area contributed by atoms with E-state index in [4.69, 9.17) is 4.42 Å². The molecular weight excluding hydrogens is 244 g/mol. The Labute approximate surface area is 111 Å². The van der Waals surface area contributed by atoms with Gasteiger partial charge in [0.05, 0.1) is 11.0 Å². The van der Waals surface area contributed by atoms with Gasteiger partial charge < -0.3 is 9.73 Å². The van der Waals surface area contributed by atoms with Gasteiger partial charge in [0, 0.05) is 6.07 Å². The van der Waals surface area contributed by atoms with E-state index >= 15 is 0 Å². The van der Waals surface area contributed by atoms with Gasteiger partial charge in [-0.1, -0.05) is 6.07 Å². The summed E-state index contributed by atoms with van der Waals surface area (Å²) in [6, 6.07) is 8.62. The van der Waals surface area contributed by atoms with Crippen LogP contribution in [0.25, 0.3) is 0 Å². The number of rotatable bonds is 4. The lowest BCUT2D eigenvalue weighted by atomic mass is 10.1. The smallest absolute Gasteiger partial charge is 0.292 e. The SMILES string of the molecule is Cc1ccc([N+](=O)[O-])c(NC(C)c2ccc(C)o2)c1. The molecule has 0 aliphatic carbocycles. The molecule has 0 bridgehead atoms. The maximum absolute atomic E-state index is 11.0. The van der Waals surface area contributed by atoms with Crippen LogP contribution in [0.3, 0.4) is 0 Å². The lowest BCUT2D eigenvalue weighted by molar-refractivity contribution is -0.384. The molecule has 100 valence electrons. The summed E-state index contributed by atoms with van der Waals surface area (Å²) in [6.07, 6.45) is 0.